The first-order valence-electron chi connectivity index (χ1n) is 42.6. The van der Waals surface area contributed by atoms with Gasteiger partial charge in [0.25, 0.3) is 0 Å². The fraction of sp³-hybridized carbons (Fsp3) is 0.976. The van der Waals surface area contributed by atoms with E-state index < -0.39 is 30.4 Å². The summed E-state index contributed by atoms with van der Waals surface area (Å²) in [5, 5.41) is 37.8. The van der Waals surface area contributed by atoms with Crippen LogP contribution >= 0.6 is 0 Å². The lowest BCUT2D eigenvalue weighted by Gasteiger charge is -2.40. The average molecular weight is 1310 g/mol. The molecule has 0 saturated carbocycles. The van der Waals surface area contributed by atoms with E-state index in [1.165, 1.54) is 295 Å². The molecular weight excluding hydrogens is 1140 g/mol. The van der Waals surface area contributed by atoms with Gasteiger partial charge in [-0.1, -0.05) is 370 Å². The number of carbonyl (C=O) groups is 2. The molecule has 1 heterocycles. The predicted molar refractivity (Wildman–Crippen MR) is 407 cm³/mol. The maximum Gasteiger partial charge on any atom is 0.245 e. The summed E-state index contributed by atoms with van der Waals surface area (Å²) in [6.45, 7) is 21.8. The first kappa shape index (κ1) is 89.8. The number of piperazine rings is 1. The summed E-state index contributed by atoms with van der Waals surface area (Å²) in [6, 6.07) is -1.15. The van der Waals surface area contributed by atoms with Crippen LogP contribution in [-0.4, -0.2) is 118 Å². The summed E-state index contributed by atoms with van der Waals surface area (Å²) in [5.74, 6) is 1.25. The van der Waals surface area contributed by atoms with Crippen molar-refractivity contribution in [2.45, 2.75) is 471 Å². The van der Waals surface area contributed by atoms with Crippen LogP contribution in [0.5, 0.6) is 0 Å². The molecule has 1 aliphatic heterocycles. The second-order valence-corrected chi connectivity index (χ2v) is 31.1. The van der Waals surface area contributed by atoms with E-state index in [0.717, 1.165) is 103 Å². The van der Waals surface area contributed by atoms with E-state index in [1.807, 2.05) is 0 Å². The molecule has 93 heavy (non-hydrogen) atoms. The molecule has 7 atom stereocenters. The molecule has 9 nitrogen and oxygen atoms in total. The number of nitrogens with zero attached hydrogens (tertiary/aromatic N) is 3. The van der Waals surface area contributed by atoms with Crippen LogP contribution in [0.3, 0.4) is 0 Å². The number of β-amino-alcohol motifs (C(OH)–C–C–N with tert-alkyl or cyclic N) is 1. The Balaban J connectivity index is 3.07. The smallest absolute Gasteiger partial charge is 0.245 e. The molecule has 1 saturated heterocycles. The Morgan fingerprint density at radius 3 is 0.892 bits per heavy atom. The van der Waals surface area contributed by atoms with Crippen LogP contribution in [0.15, 0.2) is 0 Å². The van der Waals surface area contributed by atoms with Crippen LogP contribution in [0.25, 0.3) is 0 Å². The molecule has 0 aliphatic carbocycles. The minimum atomic E-state index is -0.653. The normalized spacial score (nSPS) is 16.3. The topological polar surface area (TPSA) is 117 Å². The Hall–Kier alpha value is -1.26. The maximum atomic E-state index is 14.8. The lowest BCUT2D eigenvalue weighted by atomic mass is 9.97. The van der Waals surface area contributed by atoms with Crippen molar-refractivity contribution < 1.29 is 24.9 Å². The number of unbranched alkanes of at least 4 members (excludes halogenated alkanes) is 47. The van der Waals surface area contributed by atoms with Crippen LogP contribution in [0, 0.1) is 11.8 Å². The molecule has 0 spiro atoms. The first-order valence-corrected chi connectivity index (χ1v) is 42.6. The standard InChI is InChI=1S/C84H168N4O5/c1-8-13-18-23-28-33-38-43-48-53-62-76(6)71-86(72-77(7)63-54-49-44-39-34-29-24-19-14-9-2)69-60-58-67-81-84(93)88(75-80(91)66-57-52-47-42-37-32-27-22-17-12-5)82(83(92)85-81)68-59-61-70-87(73-78(89)64-55-50-45-40-35-30-25-20-15-10-3)74-79(90)65-56-51-46-41-36-31-26-21-16-11-4/h76-82,89-91H,8-75H2,1-7H3,(H,85,92). The Kier molecular flexibility index (Phi) is 65.5. The van der Waals surface area contributed by atoms with Gasteiger partial charge in [-0.25, -0.2) is 0 Å². The molecule has 0 radical (unpaired) electrons. The van der Waals surface area contributed by atoms with E-state index in [-0.39, 0.29) is 18.4 Å². The number of aliphatic hydroxyl groups is 3. The van der Waals surface area contributed by atoms with E-state index in [1.54, 1.807) is 4.90 Å². The van der Waals surface area contributed by atoms with Gasteiger partial charge in [-0.15, -0.1) is 0 Å². The van der Waals surface area contributed by atoms with Crippen molar-refractivity contribution in [3.8, 4) is 0 Å². The highest BCUT2D eigenvalue weighted by molar-refractivity contribution is 5.97. The zero-order valence-corrected chi connectivity index (χ0v) is 64.1. The van der Waals surface area contributed by atoms with Crippen molar-refractivity contribution >= 4 is 11.8 Å². The minimum absolute atomic E-state index is 0.0133. The van der Waals surface area contributed by atoms with Gasteiger partial charge in [-0.05, 0) is 95.6 Å². The molecule has 1 rings (SSSR count). The van der Waals surface area contributed by atoms with Crippen LogP contribution in [0.1, 0.15) is 440 Å². The number of aliphatic hydroxyl groups excluding tert-OH is 3. The highest BCUT2D eigenvalue weighted by atomic mass is 16.3. The summed E-state index contributed by atoms with van der Waals surface area (Å²) in [4.78, 5) is 36.0. The quantitative estimate of drug-likeness (QED) is 0.0448. The van der Waals surface area contributed by atoms with Gasteiger partial charge in [0.2, 0.25) is 11.8 Å². The fourth-order valence-corrected chi connectivity index (χ4v) is 15.1. The van der Waals surface area contributed by atoms with Crippen LogP contribution in [0.4, 0.5) is 0 Å². The van der Waals surface area contributed by atoms with E-state index >= 15 is 0 Å². The third kappa shape index (κ3) is 56.2. The Bertz CT molecular complexity index is 1490. The van der Waals surface area contributed by atoms with Crippen molar-refractivity contribution in [2.75, 3.05) is 45.8 Å². The summed E-state index contributed by atoms with van der Waals surface area (Å²) in [7, 11) is 0. The van der Waals surface area contributed by atoms with Crippen molar-refractivity contribution in [3.63, 3.8) is 0 Å². The zero-order valence-electron chi connectivity index (χ0n) is 64.1. The monoisotopic (exact) mass is 1310 g/mol. The van der Waals surface area contributed by atoms with E-state index in [9.17, 15) is 24.9 Å². The van der Waals surface area contributed by atoms with Crippen LogP contribution in [-0.2, 0) is 9.59 Å². The third-order valence-corrected chi connectivity index (χ3v) is 21.3. The second-order valence-electron chi connectivity index (χ2n) is 31.1. The van der Waals surface area contributed by atoms with E-state index in [4.69, 9.17) is 0 Å². The molecule has 554 valence electrons. The maximum absolute atomic E-state index is 14.8. The summed E-state index contributed by atoms with van der Waals surface area (Å²) >= 11 is 0. The molecule has 4 N–H and O–H groups in total. The van der Waals surface area contributed by atoms with Crippen molar-refractivity contribution in [1.82, 2.24) is 20.0 Å². The Morgan fingerprint density at radius 2 is 0.581 bits per heavy atom. The minimum Gasteiger partial charge on any atom is -0.392 e. The van der Waals surface area contributed by atoms with Gasteiger partial charge in [0.05, 0.1) is 18.3 Å². The Labute approximate surface area is 582 Å². The molecule has 1 aliphatic rings. The molecule has 1 fully saturated rings. The summed E-state index contributed by atoms with van der Waals surface area (Å²) in [5.41, 5.74) is 0. The Morgan fingerprint density at radius 1 is 0.323 bits per heavy atom. The summed E-state index contributed by atoms with van der Waals surface area (Å²) in [6.07, 6.45) is 73.5. The second kappa shape index (κ2) is 67.9. The fourth-order valence-electron chi connectivity index (χ4n) is 15.1. The lowest BCUT2D eigenvalue weighted by Crippen LogP contribution is -2.64. The van der Waals surface area contributed by atoms with Gasteiger partial charge in [0.15, 0.2) is 0 Å². The largest absolute Gasteiger partial charge is 0.392 e. The number of carbonyl (C=O) groups excluding carboxylic acids is 2. The highest BCUT2D eigenvalue weighted by Gasteiger charge is 2.40. The molecule has 0 aromatic heterocycles. The number of rotatable bonds is 75. The third-order valence-electron chi connectivity index (χ3n) is 21.3. The molecule has 7 unspecified atom stereocenters. The highest BCUT2D eigenvalue weighted by Crippen LogP contribution is 2.25. The molecule has 0 aromatic carbocycles. The SMILES string of the molecule is CCCCCCCCCCCCC(C)CN(CCCCC1NC(=O)C(CCCCN(CC(O)CCCCCCCCCCCC)CC(O)CCCCCCCCCCCC)N(CC(O)CCCCCCCCCCCC)C1=O)CC(C)CCCCCCCCCCCC. The molecule has 2 amide bonds. The number of hydrogen-bond donors (Lipinski definition) is 4. The van der Waals surface area contributed by atoms with E-state index in [0.29, 0.717) is 44.2 Å². The van der Waals surface area contributed by atoms with Gasteiger partial charge in [0, 0.05) is 32.7 Å². The van der Waals surface area contributed by atoms with Crippen molar-refractivity contribution in [2.24, 2.45) is 11.8 Å². The predicted octanol–water partition coefficient (Wildman–Crippen LogP) is 23.5. The molecular formula is C84H168N4O5. The first-order chi connectivity index (χ1) is 45.5. The lowest BCUT2D eigenvalue weighted by molar-refractivity contribution is -0.151. The molecule has 0 aromatic rings. The van der Waals surface area contributed by atoms with Crippen LogP contribution in [0.2, 0.25) is 0 Å². The average Bonchev–Trinajstić information content (AvgIpc) is 0.847. The van der Waals surface area contributed by atoms with Gasteiger partial charge < -0.3 is 30.4 Å². The number of hydrogen-bond acceptors (Lipinski definition) is 7. The summed E-state index contributed by atoms with van der Waals surface area (Å²) < 4.78 is 0. The molecule has 9 heteroatoms. The van der Waals surface area contributed by atoms with Crippen LogP contribution < -0.4 is 5.32 Å². The van der Waals surface area contributed by atoms with Gasteiger partial charge in [0.1, 0.15) is 12.1 Å². The number of nitrogens with one attached hydrogen (secondary N) is 1. The van der Waals surface area contributed by atoms with Crippen molar-refractivity contribution in [3.05, 3.63) is 0 Å². The van der Waals surface area contributed by atoms with Gasteiger partial charge >= 0.3 is 0 Å². The van der Waals surface area contributed by atoms with E-state index in [2.05, 4.69) is 63.6 Å². The molecule has 0 bridgehead atoms. The number of amides is 2. The zero-order chi connectivity index (χ0) is 67.7. The van der Waals surface area contributed by atoms with Crippen molar-refractivity contribution in [1.29, 1.82) is 0 Å². The van der Waals surface area contributed by atoms with Gasteiger partial charge in [-0.2, -0.15) is 0 Å². The van der Waals surface area contributed by atoms with Gasteiger partial charge in [-0.3, -0.25) is 14.5 Å².